The molecule has 0 aromatic carbocycles. The van der Waals surface area contributed by atoms with Crippen molar-refractivity contribution >= 4 is 12.3 Å². The first-order valence-electron chi connectivity index (χ1n) is 15.6. The molecule has 4 aliphatic carbocycles. The van der Waals surface area contributed by atoms with Crippen LogP contribution in [0.5, 0.6) is 0 Å². The van der Waals surface area contributed by atoms with Crippen LogP contribution in [0.1, 0.15) is 106 Å². The van der Waals surface area contributed by atoms with Crippen LogP contribution in [0.3, 0.4) is 0 Å². The summed E-state index contributed by atoms with van der Waals surface area (Å²) in [6.07, 6.45) is 12.4. The van der Waals surface area contributed by atoms with Crippen molar-refractivity contribution in [2.24, 2.45) is 40.4 Å². The second kappa shape index (κ2) is 12.3. The summed E-state index contributed by atoms with van der Waals surface area (Å²) in [6, 6.07) is 0. The molecule has 0 bridgehead atoms. The number of hydrogen-bond acceptors (Lipinski definition) is 6. The average Bonchev–Trinajstić information content (AvgIpc) is 3.22. The van der Waals surface area contributed by atoms with E-state index in [0.29, 0.717) is 30.1 Å². The van der Waals surface area contributed by atoms with Crippen molar-refractivity contribution in [1.82, 2.24) is 0 Å². The summed E-state index contributed by atoms with van der Waals surface area (Å²) in [4.78, 5) is 24.7. The lowest BCUT2D eigenvalue weighted by Gasteiger charge is -2.57. The lowest BCUT2D eigenvalue weighted by atomic mass is 9.49. The molecule has 6 nitrogen and oxygen atoms in total. The second-order valence-electron chi connectivity index (χ2n) is 13.4. The van der Waals surface area contributed by atoms with Crippen LogP contribution in [0.25, 0.3) is 0 Å². The van der Waals surface area contributed by atoms with Gasteiger partial charge >= 0.3 is 12.3 Å². The Morgan fingerprint density at radius 3 is 2.28 bits per heavy atom. The Morgan fingerprint density at radius 2 is 1.62 bits per heavy atom. The van der Waals surface area contributed by atoms with Gasteiger partial charge in [-0.2, -0.15) is 0 Å². The van der Waals surface area contributed by atoms with Crippen LogP contribution in [-0.2, 0) is 18.9 Å². The van der Waals surface area contributed by atoms with Crippen LogP contribution in [0.4, 0.5) is 9.59 Å². The number of fused-ring (bicyclic) bond motifs is 5. The van der Waals surface area contributed by atoms with E-state index < -0.39 is 24.5 Å². The molecule has 220 valence electrons. The minimum Gasteiger partial charge on any atom is -0.435 e. The minimum absolute atomic E-state index is 0.263. The van der Waals surface area contributed by atoms with Gasteiger partial charge in [0.1, 0.15) is 12.2 Å². The van der Waals surface area contributed by atoms with E-state index >= 15 is 0 Å². The molecule has 0 spiro atoms. The van der Waals surface area contributed by atoms with Gasteiger partial charge in [-0.3, -0.25) is 0 Å². The van der Waals surface area contributed by atoms with E-state index in [1.807, 2.05) is 0 Å². The second-order valence-corrected chi connectivity index (χ2v) is 13.4. The van der Waals surface area contributed by atoms with Crippen molar-refractivity contribution in [3.8, 4) is 0 Å². The van der Waals surface area contributed by atoms with Gasteiger partial charge in [0.2, 0.25) is 0 Å². The molecular weight excluding hydrogens is 492 g/mol. The molecule has 4 rings (SSSR count). The molecule has 8 atom stereocenters. The van der Waals surface area contributed by atoms with Crippen molar-refractivity contribution in [2.45, 2.75) is 118 Å². The maximum absolute atomic E-state index is 12.6. The average molecular weight is 545 g/mol. The van der Waals surface area contributed by atoms with Crippen LogP contribution in [-0.4, -0.2) is 37.7 Å². The lowest BCUT2D eigenvalue weighted by molar-refractivity contribution is -0.0862. The van der Waals surface area contributed by atoms with E-state index in [9.17, 15) is 9.59 Å². The molecule has 0 aromatic heterocycles. The first-order chi connectivity index (χ1) is 18.5. The van der Waals surface area contributed by atoms with Crippen molar-refractivity contribution in [3.63, 3.8) is 0 Å². The lowest BCUT2D eigenvalue weighted by Crippen LogP contribution is -2.54. The fraction of sp³-hybridized carbons (Fsp3) is 0.818. The van der Waals surface area contributed by atoms with Crippen LogP contribution < -0.4 is 0 Å². The highest BCUT2D eigenvalue weighted by molar-refractivity contribution is 5.61. The van der Waals surface area contributed by atoms with Gasteiger partial charge in [0.25, 0.3) is 0 Å². The highest BCUT2D eigenvalue weighted by Crippen LogP contribution is 2.66. The van der Waals surface area contributed by atoms with Crippen molar-refractivity contribution in [2.75, 3.05) is 13.2 Å². The summed E-state index contributed by atoms with van der Waals surface area (Å²) >= 11 is 0. The largest absolute Gasteiger partial charge is 0.508 e. The maximum atomic E-state index is 12.6. The molecule has 0 N–H and O–H groups in total. The van der Waals surface area contributed by atoms with Gasteiger partial charge in [-0.15, -0.1) is 0 Å². The Bertz CT molecular complexity index is 952. The highest BCUT2D eigenvalue weighted by Gasteiger charge is 2.60. The van der Waals surface area contributed by atoms with Crippen LogP contribution in [0.2, 0.25) is 0 Å². The van der Waals surface area contributed by atoms with Gasteiger partial charge in [-0.25, -0.2) is 9.59 Å². The molecule has 2 unspecified atom stereocenters. The molecule has 0 aromatic rings. The molecule has 4 aliphatic rings. The summed E-state index contributed by atoms with van der Waals surface area (Å²) in [5.74, 6) is 3.16. The fourth-order valence-electron chi connectivity index (χ4n) is 8.85. The number of rotatable bonds is 9. The van der Waals surface area contributed by atoms with E-state index in [2.05, 4.69) is 46.8 Å². The van der Waals surface area contributed by atoms with Gasteiger partial charge in [-0.05, 0) is 74.5 Å². The third-order valence-corrected chi connectivity index (χ3v) is 10.8. The Balaban J connectivity index is 1.59. The molecule has 39 heavy (non-hydrogen) atoms. The van der Waals surface area contributed by atoms with Crippen molar-refractivity contribution < 1.29 is 28.5 Å². The molecule has 0 aliphatic heterocycles. The summed E-state index contributed by atoms with van der Waals surface area (Å²) in [5.41, 5.74) is 2.73. The topological polar surface area (TPSA) is 71.1 Å². The summed E-state index contributed by atoms with van der Waals surface area (Å²) in [7, 11) is 0. The summed E-state index contributed by atoms with van der Waals surface area (Å²) < 4.78 is 21.9. The van der Waals surface area contributed by atoms with Crippen LogP contribution >= 0.6 is 0 Å². The number of carbonyl (C=O) groups is 2. The van der Waals surface area contributed by atoms with E-state index in [1.165, 1.54) is 44.1 Å². The Hall–Kier alpha value is -1.98. The highest BCUT2D eigenvalue weighted by atomic mass is 16.7. The zero-order valence-corrected chi connectivity index (χ0v) is 25.4. The molecule has 3 fully saturated rings. The number of carbonyl (C=O) groups excluding carboxylic acids is 2. The standard InChI is InChI=1S/C33H52O6/c1-8-36-30(34)38-24-19-23-13-14-25-27-16-15-26(22(5)12-10-11-21(3)4)32(27,6)18-17-28(25)33(23,7)29(20-24)39-31(35)37-9-2/h13-14,21-22,24,26-29H,8-12,15-20H2,1-7H3/t22-,24?,26-,27+,28+,29?,32-,33+/m1/s1. The van der Waals surface area contributed by atoms with E-state index in [-0.39, 0.29) is 18.6 Å². The molecule has 0 saturated heterocycles. The molecular formula is C33H52O6. The van der Waals surface area contributed by atoms with Gasteiger partial charge in [0.05, 0.1) is 13.2 Å². The Morgan fingerprint density at radius 1 is 0.923 bits per heavy atom. The Labute approximate surface area is 236 Å². The third-order valence-electron chi connectivity index (χ3n) is 10.8. The van der Waals surface area contributed by atoms with Crippen molar-refractivity contribution in [1.29, 1.82) is 0 Å². The first-order valence-corrected chi connectivity index (χ1v) is 15.6. The van der Waals surface area contributed by atoms with Gasteiger partial charge < -0.3 is 18.9 Å². The van der Waals surface area contributed by atoms with Crippen molar-refractivity contribution in [3.05, 3.63) is 23.3 Å². The molecule has 3 saturated carbocycles. The molecule has 0 amide bonds. The van der Waals surface area contributed by atoms with E-state index in [1.54, 1.807) is 19.4 Å². The Kier molecular flexibility index (Phi) is 9.43. The van der Waals surface area contributed by atoms with Crippen LogP contribution in [0, 0.1) is 40.4 Å². The predicted octanol–water partition coefficient (Wildman–Crippen LogP) is 8.64. The predicted molar refractivity (Wildman–Crippen MR) is 152 cm³/mol. The fourth-order valence-corrected chi connectivity index (χ4v) is 8.85. The number of allylic oxidation sites excluding steroid dienone is 3. The van der Waals surface area contributed by atoms with Gasteiger partial charge in [0.15, 0.2) is 0 Å². The zero-order chi connectivity index (χ0) is 28.4. The minimum atomic E-state index is -0.665. The number of ether oxygens (including phenoxy) is 4. The normalized spacial score (nSPS) is 36.1. The van der Waals surface area contributed by atoms with Gasteiger partial charge in [0, 0.05) is 18.3 Å². The quantitative estimate of drug-likeness (QED) is 0.271. The smallest absolute Gasteiger partial charge is 0.435 e. The van der Waals surface area contributed by atoms with Crippen LogP contribution in [0.15, 0.2) is 23.3 Å². The molecule has 6 heteroatoms. The maximum Gasteiger partial charge on any atom is 0.508 e. The number of hydrogen-bond donors (Lipinski definition) is 0. The first kappa shape index (κ1) is 30.0. The zero-order valence-electron chi connectivity index (χ0n) is 25.4. The SMILES string of the molecule is CCOC(=O)OC1CC2=CC=C3[C@@H]4CC[C@H]([C@H](C)CCCC(C)C)[C@@]4(C)CC[C@@H]3[C@@]2(C)C(OC(=O)OCC)C1. The third kappa shape index (κ3) is 5.91. The monoisotopic (exact) mass is 544 g/mol. The molecule has 0 radical (unpaired) electrons. The van der Waals surface area contributed by atoms with E-state index in [0.717, 1.165) is 24.2 Å². The van der Waals surface area contributed by atoms with Gasteiger partial charge in [-0.1, -0.05) is 77.2 Å². The molecule has 0 heterocycles. The summed E-state index contributed by atoms with van der Waals surface area (Å²) in [5, 5.41) is 0. The van der Waals surface area contributed by atoms with E-state index in [4.69, 9.17) is 18.9 Å². The summed E-state index contributed by atoms with van der Waals surface area (Å²) in [6.45, 7) is 16.0.